The highest BCUT2D eigenvalue weighted by molar-refractivity contribution is 5.52. The maximum atomic E-state index is 13.5. The van der Waals surface area contributed by atoms with Crippen LogP contribution < -0.4 is 4.74 Å². The first-order chi connectivity index (χ1) is 13.7. The second kappa shape index (κ2) is 10.5. The Morgan fingerprint density at radius 2 is 1.75 bits per heavy atom. The number of ether oxygens (including phenoxy) is 1. The van der Waals surface area contributed by atoms with Crippen molar-refractivity contribution in [2.24, 2.45) is 0 Å². The molecule has 0 aliphatic rings. The maximum Gasteiger partial charge on any atom is 0.204 e. The molecule has 1 aromatic heterocycles. The summed E-state index contributed by atoms with van der Waals surface area (Å²) in [5, 5.41) is 12.7. The summed E-state index contributed by atoms with van der Waals surface area (Å²) in [7, 11) is 2.05. The number of tetrazole rings is 1. The van der Waals surface area contributed by atoms with Crippen molar-refractivity contribution in [3.05, 3.63) is 60.4 Å². The average Bonchev–Trinajstić information content (AvgIpc) is 3.19. The molecule has 0 saturated carbocycles. The van der Waals surface area contributed by atoms with E-state index in [-0.39, 0.29) is 5.82 Å². The van der Waals surface area contributed by atoms with E-state index in [9.17, 15) is 4.39 Å². The van der Waals surface area contributed by atoms with Gasteiger partial charge in [0.25, 0.3) is 0 Å². The van der Waals surface area contributed by atoms with Gasteiger partial charge in [0.2, 0.25) is 5.82 Å². The van der Waals surface area contributed by atoms with Crippen LogP contribution in [0, 0.1) is 5.82 Å². The van der Waals surface area contributed by atoms with Crippen LogP contribution in [-0.2, 0) is 6.54 Å². The van der Waals surface area contributed by atoms with Gasteiger partial charge in [0.05, 0.1) is 6.54 Å². The number of halogens is 1. The van der Waals surface area contributed by atoms with Gasteiger partial charge < -0.3 is 9.64 Å². The quantitative estimate of drug-likeness (QED) is 0.473. The fourth-order valence-electron chi connectivity index (χ4n) is 2.84. The van der Waals surface area contributed by atoms with E-state index in [2.05, 4.69) is 27.4 Å². The van der Waals surface area contributed by atoms with Crippen molar-refractivity contribution in [2.75, 3.05) is 26.7 Å². The summed E-state index contributed by atoms with van der Waals surface area (Å²) in [5.74, 6) is 0.656. The maximum absolute atomic E-state index is 13.5. The minimum atomic E-state index is -0.317. The largest absolute Gasteiger partial charge is 0.489 e. The summed E-state index contributed by atoms with van der Waals surface area (Å²) in [6.07, 6.45) is 3.17. The molecule has 0 fully saturated rings. The van der Waals surface area contributed by atoms with Gasteiger partial charge in [-0.25, -0.2) is 4.39 Å². The molecule has 148 valence electrons. The number of unbranched alkanes of at least 4 members (excludes halogenated alkanes) is 2. The summed E-state index contributed by atoms with van der Waals surface area (Å²) in [5.41, 5.74) is 0.980. The van der Waals surface area contributed by atoms with Crippen molar-refractivity contribution in [1.82, 2.24) is 25.1 Å². The van der Waals surface area contributed by atoms with Crippen LogP contribution in [0.1, 0.15) is 19.3 Å². The molecule has 0 unspecified atom stereocenters. The van der Waals surface area contributed by atoms with Crippen LogP contribution in [0.3, 0.4) is 0 Å². The lowest BCUT2D eigenvalue weighted by Gasteiger charge is -2.17. The Hall–Kier alpha value is -2.80. The van der Waals surface area contributed by atoms with E-state index < -0.39 is 0 Å². The Morgan fingerprint density at radius 1 is 0.964 bits per heavy atom. The predicted molar refractivity (Wildman–Crippen MR) is 106 cm³/mol. The standard InChI is InChI=1S/C21H26FN5O/c1-26(16-17-28-20-13-7-6-12-19(20)22)14-8-3-9-15-27-24-21(23-25-27)18-10-4-2-5-11-18/h2,4-7,10-13H,3,8-9,14-17H2,1H3. The van der Waals surface area contributed by atoms with Gasteiger partial charge in [-0.2, -0.15) is 4.80 Å². The number of benzene rings is 2. The van der Waals surface area contributed by atoms with Crippen molar-refractivity contribution in [2.45, 2.75) is 25.8 Å². The first kappa shape index (κ1) is 19.9. The first-order valence-corrected chi connectivity index (χ1v) is 9.61. The van der Waals surface area contributed by atoms with Crippen molar-refractivity contribution in [3.8, 4) is 17.1 Å². The molecule has 1 heterocycles. The van der Waals surface area contributed by atoms with Gasteiger partial charge in [0.1, 0.15) is 6.61 Å². The predicted octanol–water partition coefficient (Wildman–Crippen LogP) is 3.66. The Morgan fingerprint density at radius 3 is 2.57 bits per heavy atom. The summed E-state index contributed by atoms with van der Waals surface area (Å²) < 4.78 is 19.0. The number of nitrogens with zero attached hydrogens (tertiary/aromatic N) is 5. The van der Waals surface area contributed by atoms with Crippen LogP contribution in [0.15, 0.2) is 54.6 Å². The third-order valence-electron chi connectivity index (χ3n) is 4.45. The highest BCUT2D eigenvalue weighted by Crippen LogP contribution is 2.15. The summed E-state index contributed by atoms with van der Waals surface area (Å²) >= 11 is 0. The van der Waals surface area contributed by atoms with Crippen molar-refractivity contribution in [1.29, 1.82) is 0 Å². The van der Waals surface area contributed by atoms with Crippen molar-refractivity contribution in [3.63, 3.8) is 0 Å². The molecule has 0 aliphatic carbocycles. The number of hydrogen-bond acceptors (Lipinski definition) is 5. The number of aromatic nitrogens is 4. The number of aryl methyl sites for hydroxylation is 1. The SMILES string of the molecule is CN(CCCCCn1nnc(-c2ccccc2)n1)CCOc1ccccc1F. The molecule has 0 N–H and O–H groups in total. The highest BCUT2D eigenvalue weighted by atomic mass is 19.1. The van der Waals surface area contributed by atoms with E-state index in [0.717, 1.165) is 44.5 Å². The van der Waals surface area contributed by atoms with E-state index in [1.54, 1.807) is 23.0 Å². The molecule has 0 saturated heterocycles. The van der Waals surface area contributed by atoms with Crippen LogP contribution in [-0.4, -0.2) is 51.9 Å². The van der Waals surface area contributed by atoms with E-state index >= 15 is 0 Å². The lowest BCUT2D eigenvalue weighted by Crippen LogP contribution is -2.25. The second-order valence-electron chi connectivity index (χ2n) is 6.72. The molecule has 3 rings (SSSR count). The highest BCUT2D eigenvalue weighted by Gasteiger charge is 2.06. The van der Waals surface area contributed by atoms with E-state index in [4.69, 9.17) is 4.74 Å². The van der Waals surface area contributed by atoms with Gasteiger partial charge in [0, 0.05) is 12.1 Å². The Balaban J connectivity index is 1.28. The summed E-state index contributed by atoms with van der Waals surface area (Å²) in [6.45, 7) is 2.97. The second-order valence-corrected chi connectivity index (χ2v) is 6.72. The molecule has 0 amide bonds. The topological polar surface area (TPSA) is 56.1 Å². The van der Waals surface area contributed by atoms with Crippen LogP contribution in [0.5, 0.6) is 5.75 Å². The lowest BCUT2D eigenvalue weighted by atomic mass is 10.2. The minimum absolute atomic E-state index is 0.311. The molecule has 0 spiro atoms. The zero-order valence-corrected chi connectivity index (χ0v) is 16.2. The summed E-state index contributed by atoms with van der Waals surface area (Å²) in [6, 6.07) is 16.3. The van der Waals surface area contributed by atoms with Crippen LogP contribution in [0.25, 0.3) is 11.4 Å². The van der Waals surface area contributed by atoms with Gasteiger partial charge in [-0.15, -0.1) is 10.2 Å². The molecular weight excluding hydrogens is 357 g/mol. The van der Waals surface area contributed by atoms with Gasteiger partial charge in [-0.3, -0.25) is 0 Å². The number of para-hydroxylation sites is 1. The van der Waals surface area contributed by atoms with Crippen LogP contribution >= 0.6 is 0 Å². The van der Waals surface area contributed by atoms with Crippen molar-refractivity contribution < 1.29 is 9.13 Å². The average molecular weight is 383 g/mol. The third-order valence-corrected chi connectivity index (χ3v) is 4.45. The summed E-state index contributed by atoms with van der Waals surface area (Å²) in [4.78, 5) is 3.86. The van der Waals surface area contributed by atoms with Crippen molar-refractivity contribution >= 4 is 0 Å². The fourth-order valence-corrected chi connectivity index (χ4v) is 2.84. The Labute approximate surface area is 164 Å². The van der Waals surface area contributed by atoms with Crippen LogP contribution in [0.2, 0.25) is 0 Å². The zero-order chi connectivity index (χ0) is 19.6. The fraction of sp³-hybridized carbons (Fsp3) is 0.381. The molecule has 0 aliphatic heterocycles. The molecule has 28 heavy (non-hydrogen) atoms. The van der Waals surface area contributed by atoms with Crippen LogP contribution in [0.4, 0.5) is 4.39 Å². The smallest absolute Gasteiger partial charge is 0.204 e. The molecule has 0 radical (unpaired) electrons. The first-order valence-electron chi connectivity index (χ1n) is 9.61. The Kier molecular flexibility index (Phi) is 7.49. The van der Waals surface area contributed by atoms with E-state index in [1.165, 1.54) is 6.07 Å². The zero-order valence-electron chi connectivity index (χ0n) is 16.2. The lowest BCUT2D eigenvalue weighted by molar-refractivity contribution is 0.228. The third kappa shape index (κ3) is 6.13. The van der Waals surface area contributed by atoms with Gasteiger partial charge in [-0.05, 0) is 43.8 Å². The van der Waals surface area contributed by atoms with Gasteiger partial charge in [0.15, 0.2) is 11.6 Å². The number of rotatable bonds is 11. The molecule has 6 nitrogen and oxygen atoms in total. The molecular formula is C21H26FN5O. The van der Waals surface area contributed by atoms with Gasteiger partial charge in [-0.1, -0.05) is 48.9 Å². The minimum Gasteiger partial charge on any atom is -0.489 e. The molecule has 7 heteroatoms. The van der Waals surface area contributed by atoms with E-state index in [0.29, 0.717) is 18.2 Å². The molecule has 3 aromatic rings. The monoisotopic (exact) mass is 383 g/mol. The molecule has 0 atom stereocenters. The molecule has 0 bridgehead atoms. The van der Waals surface area contributed by atoms with Gasteiger partial charge >= 0.3 is 0 Å². The van der Waals surface area contributed by atoms with E-state index in [1.807, 2.05) is 30.3 Å². The Bertz CT molecular complexity index is 840. The number of likely N-dealkylation sites (N-methyl/N-ethyl adjacent to an activating group) is 1. The molecule has 2 aromatic carbocycles. The normalized spacial score (nSPS) is 11.1. The number of hydrogen-bond donors (Lipinski definition) is 0.